The maximum atomic E-state index is 12.6. The van der Waals surface area contributed by atoms with Gasteiger partial charge in [-0.1, -0.05) is 0 Å². The van der Waals surface area contributed by atoms with Crippen molar-refractivity contribution in [1.29, 1.82) is 0 Å². The molecule has 0 N–H and O–H groups in total. The Labute approximate surface area is 159 Å². The smallest absolute Gasteiger partial charge is 0.338 e. The van der Waals surface area contributed by atoms with Crippen LogP contribution in [0.1, 0.15) is 44.9 Å². The Hall–Kier alpha value is -2.60. The molecule has 0 amide bonds. The molecule has 1 aliphatic rings. The van der Waals surface area contributed by atoms with Gasteiger partial charge in [0.1, 0.15) is 5.75 Å². The number of ketones is 1. The van der Waals surface area contributed by atoms with Gasteiger partial charge in [-0.3, -0.25) is 4.79 Å². The Balaban J connectivity index is 1.62. The van der Waals surface area contributed by atoms with Crippen molar-refractivity contribution in [2.45, 2.75) is 39.3 Å². The van der Waals surface area contributed by atoms with Crippen LogP contribution in [0.2, 0.25) is 0 Å². The lowest BCUT2D eigenvalue weighted by atomic mass is 10.1. The summed E-state index contributed by atoms with van der Waals surface area (Å²) < 4.78 is 18.1. The van der Waals surface area contributed by atoms with Gasteiger partial charge >= 0.3 is 5.97 Å². The minimum Gasteiger partial charge on any atom is -0.497 e. The zero-order valence-electron chi connectivity index (χ0n) is 16.0. The van der Waals surface area contributed by atoms with Crippen molar-refractivity contribution >= 4 is 11.8 Å². The fourth-order valence-electron chi connectivity index (χ4n) is 3.38. The number of aromatic nitrogens is 1. The van der Waals surface area contributed by atoms with Crippen molar-refractivity contribution in [3.63, 3.8) is 0 Å². The second kappa shape index (κ2) is 8.39. The van der Waals surface area contributed by atoms with Gasteiger partial charge in [0.25, 0.3) is 0 Å². The van der Waals surface area contributed by atoms with Crippen LogP contribution in [0.5, 0.6) is 5.75 Å². The summed E-state index contributed by atoms with van der Waals surface area (Å²) in [5.41, 5.74) is 2.86. The molecule has 0 bridgehead atoms. The topological polar surface area (TPSA) is 66.8 Å². The molecule has 6 heteroatoms. The van der Waals surface area contributed by atoms with E-state index in [0.717, 1.165) is 37.4 Å². The SMILES string of the molecule is COc1ccc(C(=O)OCC(=O)c2cc(C)n(C[C@H]3CCCO3)c2C)cc1. The quantitative estimate of drug-likeness (QED) is 0.552. The van der Waals surface area contributed by atoms with Crippen molar-refractivity contribution in [3.8, 4) is 5.75 Å². The Morgan fingerprint density at radius 2 is 1.96 bits per heavy atom. The summed E-state index contributed by atoms with van der Waals surface area (Å²) >= 11 is 0. The van der Waals surface area contributed by atoms with E-state index in [4.69, 9.17) is 14.2 Å². The highest BCUT2D eigenvalue weighted by molar-refractivity contribution is 6.00. The Morgan fingerprint density at radius 3 is 2.59 bits per heavy atom. The molecular formula is C21H25NO5. The number of esters is 1. The highest BCUT2D eigenvalue weighted by Crippen LogP contribution is 2.21. The first-order valence-electron chi connectivity index (χ1n) is 9.12. The molecule has 0 spiro atoms. The first kappa shape index (κ1) is 19.2. The van der Waals surface area contributed by atoms with Gasteiger partial charge in [-0.25, -0.2) is 4.79 Å². The molecule has 1 aromatic heterocycles. The number of rotatable bonds is 7. The van der Waals surface area contributed by atoms with Gasteiger partial charge in [0.15, 0.2) is 6.61 Å². The van der Waals surface area contributed by atoms with Gasteiger partial charge in [0, 0.05) is 30.1 Å². The van der Waals surface area contributed by atoms with Crippen LogP contribution in [0.15, 0.2) is 30.3 Å². The summed E-state index contributed by atoms with van der Waals surface area (Å²) in [7, 11) is 1.56. The maximum absolute atomic E-state index is 12.6. The molecule has 2 aromatic rings. The number of aryl methyl sites for hydroxylation is 1. The first-order chi connectivity index (χ1) is 13.0. The molecule has 2 heterocycles. The van der Waals surface area contributed by atoms with Crippen LogP contribution in [0.4, 0.5) is 0 Å². The minimum absolute atomic E-state index is 0.200. The molecule has 144 valence electrons. The molecule has 0 saturated carbocycles. The fraction of sp³-hybridized carbons (Fsp3) is 0.429. The van der Waals surface area contributed by atoms with E-state index >= 15 is 0 Å². The summed E-state index contributed by atoms with van der Waals surface area (Å²) in [6.45, 7) is 5.16. The second-order valence-corrected chi connectivity index (χ2v) is 6.76. The third kappa shape index (κ3) is 4.39. The van der Waals surface area contributed by atoms with Gasteiger partial charge < -0.3 is 18.8 Å². The zero-order valence-corrected chi connectivity index (χ0v) is 16.0. The zero-order chi connectivity index (χ0) is 19.4. The van der Waals surface area contributed by atoms with Crippen LogP contribution in [0.25, 0.3) is 0 Å². The Morgan fingerprint density at radius 1 is 1.22 bits per heavy atom. The van der Waals surface area contributed by atoms with E-state index in [9.17, 15) is 9.59 Å². The lowest BCUT2D eigenvalue weighted by Crippen LogP contribution is -2.18. The van der Waals surface area contributed by atoms with Gasteiger partial charge in [0.2, 0.25) is 5.78 Å². The van der Waals surface area contributed by atoms with E-state index in [0.29, 0.717) is 16.9 Å². The molecule has 0 radical (unpaired) electrons. The lowest BCUT2D eigenvalue weighted by Gasteiger charge is -2.14. The molecule has 6 nitrogen and oxygen atoms in total. The number of hydrogen-bond donors (Lipinski definition) is 0. The number of nitrogens with zero attached hydrogens (tertiary/aromatic N) is 1. The van der Waals surface area contributed by atoms with Crippen molar-refractivity contribution in [1.82, 2.24) is 4.57 Å². The monoisotopic (exact) mass is 371 g/mol. The summed E-state index contributed by atoms with van der Waals surface area (Å²) in [6, 6.07) is 8.43. The van der Waals surface area contributed by atoms with Gasteiger partial charge in [-0.15, -0.1) is 0 Å². The van der Waals surface area contributed by atoms with Gasteiger partial charge in [-0.05, 0) is 57.0 Å². The molecule has 1 saturated heterocycles. The van der Waals surface area contributed by atoms with E-state index in [2.05, 4.69) is 4.57 Å². The summed E-state index contributed by atoms with van der Waals surface area (Å²) in [5, 5.41) is 0. The van der Waals surface area contributed by atoms with Crippen LogP contribution in [0, 0.1) is 13.8 Å². The molecule has 1 aliphatic heterocycles. The van der Waals surface area contributed by atoms with E-state index in [1.165, 1.54) is 0 Å². The van der Waals surface area contributed by atoms with Crippen LogP contribution < -0.4 is 4.74 Å². The van der Waals surface area contributed by atoms with Crippen molar-refractivity contribution in [3.05, 3.63) is 52.8 Å². The third-order valence-corrected chi connectivity index (χ3v) is 4.94. The highest BCUT2D eigenvalue weighted by atomic mass is 16.5. The number of carbonyl (C=O) groups is 2. The predicted octanol–water partition coefficient (Wildman–Crippen LogP) is 3.33. The average Bonchev–Trinajstić information content (AvgIpc) is 3.29. The molecule has 0 aliphatic carbocycles. The summed E-state index contributed by atoms with van der Waals surface area (Å²) in [4.78, 5) is 24.7. The number of ether oxygens (including phenoxy) is 3. The average molecular weight is 371 g/mol. The summed E-state index contributed by atoms with van der Waals surface area (Å²) in [5.74, 6) is -0.0796. The van der Waals surface area contributed by atoms with E-state index in [1.807, 2.05) is 19.9 Å². The Kier molecular flexibility index (Phi) is 5.96. The maximum Gasteiger partial charge on any atom is 0.338 e. The summed E-state index contributed by atoms with van der Waals surface area (Å²) in [6.07, 6.45) is 2.32. The molecular weight excluding hydrogens is 346 g/mol. The molecule has 1 aromatic carbocycles. The van der Waals surface area contributed by atoms with Crippen molar-refractivity contribution in [2.24, 2.45) is 0 Å². The number of methoxy groups -OCH3 is 1. The van der Waals surface area contributed by atoms with Crippen LogP contribution in [-0.4, -0.2) is 42.7 Å². The van der Waals surface area contributed by atoms with Crippen LogP contribution >= 0.6 is 0 Å². The van der Waals surface area contributed by atoms with E-state index in [1.54, 1.807) is 31.4 Å². The molecule has 1 atom stereocenters. The minimum atomic E-state index is -0.529. The number of hydrogen-bond acceptors (Lipinski definition) is 5. The van der Waals surface area contributed by atoms with Gasteiger partial charge in [0.05, 0.1) is 18.8 Å². The van der Waals surface area contributed by atoms with Crippen molar-refractivity contribution in [2.75, 3.05) is 20.3 Å². The molecule has 27 heavy (non-hydrogen) atoms. The standard InChI is InChI=1S/C21H25NO5/c1-14-11-19(15(2)22(14)12-18-5-4-10-26-18)20(23)13-27-21(24)16-6-8-17(25-3)9-7-16/h6-9,11,18H,4-5,10,12-13H2,1-3H3/t18-/m1/s1. The Bertz CT molecular complexity index is 816. The number of carbonyl (C=O) groups excluding carboxylic acids is 2. The molecule has 1 fully saturated rings. The van der Waals surface area contributed by atoms with E-state index < -0.39 is 5.97 Å². The van der Waals surface area contributed by atoms with Crippen LogP contribution in [0.3, 0.4) is 0 Å². The fourth-order valence-corrected chi connectivity index (χ4v) is 3.38. The first-order valence-corrected chi connectivity index (χ1v) is 9.12. The second-order valence-electron chi connectivity index (χ2n) is 6.76. The van der Waals surface area contributed by atoms with Gasteiger partial charge in [-0.2, -0.15) is 0 Å². The molecule has 3 rings (SSSR count). The highest BCUT2D eigenvalue weighted by Gasteiger charge is 2.21. The van der Waals surface area contributed by atoms with Crippen molar-refractivity contribution < 1.29 is 23.8 Å². The number of benzene rings is 1. The lowest BCUT2D eigenvalue weighted by molar-refractivity contribution is 0.0474. The molecule has 0 unspecified atom stereocenters. The van der Waals surface area contributed by atoms with Crippen LogP contribution in [-0.2, 0) is 16.0 Å². The normalized spacial score (nSPS) is 16.3. The third-order valence-electron chi connectivity index (χ3n) is 4.94. The largest absolute Gasteiger partial charge is 0.497 e. The predicted molar refractivity (Wildman–Crippen MR) is 100 cm³/mol. The number of Topliss-reactive ketones (excluding diaryl/α,β-unsaturated/α-hetero) is 1. The van der Waals surface area contributed by atoms with E-state index in [-0.39, 0.29) is 18.5 Å².